The molecule has 1 heterocycles. The van der Waals surface area contributed by atoms with E-state index in [4.69, 9.17) is 17.3 Å². The van der Waals surface area contributed by atoms with Gasteiger partial charge in [-0.2, -0.15) is 0 Å². The second-order valence-corrected chi connectivity index (χ2v) is 5.71. The number of nitrogens with zero attached hydrogens (tertiary/aromatic N) is 1. The van der Waals surface area contributed by atoms with Crippen LogP contribution < -0.4 is 5.73 Å². The van der Waals surface area contributed by atoms with E-state index in [0.717, 1.165) is 12.8 Å². The fourth-order valence-corrected chi connectivity index (χ4v) is 2.69. The minimum Gasteiger partial charge on any atom is -0.398 e. The average Bonchev–Trinajstić information content (AvgIpc) is 3.11. The van der Waals surface area contributed by atoms with Crippen molar-refractivity contribution in [2.75, 3.05) is 18.8 Å². The summed E-state index contributed by atoms with van der Waals surface area (Å²) in [5.74, 6) is 0.221. The maximum Gasteiger partial charge on any atom is 0.256 e. The van der Waals surface area contributed by atoms with Crippen LogP contribution in [0.1, 0.15) is 23.2 Å². The Kier molecular flexibility index (Phi) is 2.54. The lowest BCUT2D eigenvalue weighted by Gasteiger charge is -2.47. The maximum atomic E-state index is 12.2. The van der Waals surface area contributed by atoms with Gasteiger partial charge in [0.25, 0.3) is 5.91 Å². The molecule has 2 fully saturated rings. The van der Waals surface area contributed by atoms with E-state index in [1.54, 1.807) is 23.1 Å². The highest BCUT2D eigenvalue weighted by molar-refractivity contribution is 6.31. The lowest BCUT2D eigenvalue weighted by atomic mass is 9.88. The number of nitrogens with two attached hydrogens (primary N) is 1. The van der Waals surface area contributed by atoms with Gasteiger partial charge in [-0.1, -0.05) is 11.6 Å². The van der Waals surface area contributed by atoms with Crippen molar-refractivity contribution in [3.05, 3.63) is 28.8 Å². The molecule has 18 heavy (non-hydrogen) atoms. The van der Waals surface area contributed by atoms with E-state index in [-0.39, 0.29) is 5.91 Å². The molecule has 5 heteroatoms. The molecule has 1 aromatic rings. The van der Waals surface area contributed by atoms with E-state index in [9.17, 15) is 9.90 Å². The summed E-state index contributed by atoms with van der Waals surface area (Å²) in [4.78, 5) is 13.8. The minimum absolute atomic E-state index is 0.152. The van der Waals surface area contributed by atoms with Gasteiger partial charge in [0.1, 0.15) is 5.60 Å². The van der Waals surface area contributed by atoms with Gasteiger partial charge in [-0.3, -0.25) is 4.79 Å². The van der Waals surface area contributed by atoms with Gasteiger partial charge in [0, 0.05) is 10.7 Å². The molecule has 1 aromatic carbocycles. The number of halogens is 1. The first-order chi connectivity index (χ1) is 8.49. The monoisotopic (exact) mass is 266 g/mol. The van der Waals surface area contributed by atoms with Crippen LogP contribution in [0.15, 0.2) is 18.2 Å². The number of aliphatic hydroxyl groups is 1. The highest BCUT2D eigenvalue weighted by atomic mass is 35.5. The predicted octanol–water partition coefficient (Wildman–Crippen LogP) is 1.52. The van der Waals surface area contributed by atoms with Crippen LogP contribution in [0.25, 0.3) is 0 Å². The molecule has 2 aliphatic rings. The van der Waals surface area contributed by atoms with Crippen molar-refractivity contribution in [2.45, 2.75) is 18.4 Å². The van der Waals surface area contributed by atoms with Gasteiger partial charge in [-0.05, 0) is 37.0 Å². The summed E-state index contributed by atoms with van der Waals surface area (Å²) in [6.45, 7) is 0.810. The molecule has 1 saturated heterocycles. The zero-order chi connectivity index (χ0) is 12.9. The van der Waals surface area contributed by atoms with E-state index in [0.29, 0.717) is 35.3 Å². The zero-order valence-electron chi connectivity index (χ0n) is 9.90. The van der Waals surface area contributed by atoms with Crippen LogP contribution in [0.3, 0.4) is 0 Å². The van der Waals surface area contributed by atoms with Gasteiger partial charge in [0.15, 0.2) is 0 Å². The number of rotatable bonds is 2. The standard InChI is InChI=1S/C13H15ClN2O2/c14-9-3-4-11(15)10(5-9)12(17)16-6-13(18,7-16)8-1-2-8/h3-5,8,18H,1-2,6-7,15H2. The number of carbonyl (C=O) groups excluding carboxylic acids is 1. The van der Waals surface area contributed by atoms with Crippen LogP contribution in [0, 0.1) is 5.92 Å². The topological polar surface area (TPSA) is 66.6 Å². The van der Waals surface area contributed by atoms with Gasteiger partial charge < -0.3 is 15.7 Å². The maximum absolute atomic E-state index is 12.2. The Labute approximate surface area is 110 Å². The summed E-state index contributed by atoms with van der Waals surface area (Å²) in [6.07, 6.45) is 2.13. The van der Waals surface area contributed by atoms with Crippen molar-refractivity contribution >= 4 is 23.2 Å². The smallest absolute Gasteiger partial charge is 0.256 e. The summed E-state index contributed by atoms with van der Waals surface area (Å²) in [5.41, 5.74) is 5.95. The van der Waals surface area contributed by atoms with Crippen LogP contribution in [0.2, 0.25) is 5.02 Å². The fourth-order valence-electron chi connectivity index (χ4n) is 2.52. The number of hydrogen-bond acceptors (Lipinski definition) is 3. The largest absolute Gasteiger partial charge is 0.398 e. The van der Waals surface area contributed by atoms with E-state index < -0.39 is 5.60 Å². The fraction of sp³-hybridized carbons (Fsp3) is 0.462. The third-order valence-electron chi connectivity index (χ3n) is 3.80. The molecule has 0 spiro atoms. The summed E-state index contributed by atoms with van der Waals surface area (Å²) >= 11 is 5.87. The first kappa shape index (κ1) is 11.8. The van der Waals surface area contributed by atoms with Crippen molar-refractivity contribution in [3.63, 3.8) is 0 Å². The second kappa shape index (κ2) is 3.87. The molecule has 3 rings (SSSR count). The number of amides is 1. The van der Waals surface area contributed by atoms with E-state index in [1.807, 2.05) is 0 Å². The SMILES string of the molecule is Nc1ccc(Cl)cc1C(=O)N1CC(O)(C2CC2)C1. The number of benzene rings is 1. The summed E-state index contributed by atoms with van der Waals surface area (Å²) < 4.78 is 0. The van der Waals surface area contributed by atoms with E-state index in [1.165, 1.54) is 0 Å². The number of β-amino-alcohol motifs (C(OH)–C–C–N with tert-alkyl or cyclic N) is 1. The van der Waals surface area contributed by atoms with E-state index >= 15 is 0 Å². The number of carbonyl (C=O) groups is 1. The Morgan fingerprint density at radius 2 is 2.11 bits per heavy atom. The Morgan fingerprint density at radius 1 is 1.44 bits per heavy atom. The van der Waals surface area contributed by atoms with Crippen molar-refractivity contribution in [1.82, 2.24) is 4.90 Å². The van der Waals surface area contributed by atoms with Crippen molar-refractivity contribution in [1.29, 1.82) is 0 Å². The molecule has 0 bridgehead atoms. The Bertz CT molecular complexity index is 508. The molecule has 96 valence electrons. The van der Waals surface area contributed by atoms with Crippen LogP contribution in [-0.4, -0.2) is 34.6 Å². The van der Waals surface area contributed by atoms with Crippen LogP contribution in [0.4, 0.5) is 5.69 Å². The van der Waals surface area contributed by atoms with Gasteiger partial charge >= 0.3 is 0 Å². The molecular weight excluding hydrogens is 252 g/mol. The number of anilines is 1. The molecular formula is C13H15ClN2O2. The summed E-state index contributed by atoms with van der Waals surface area (Å²) in [5, 5.41) is 10.7. The molecule has 0 atom stereocenters. The summed E-state index contributed by atoms with van der Waals surface area (Å²) in [6, 6.07) is 4.86. The molecule has 1 amide bonds. The van der Waals surface area contributed by atoms with Crippen molar-refractivity contribution in [2.24, 2.45) is 5.92 Å². The minimum atomic E-state index is -0.664. The predicted molar refractivity (Wildman–Crippen MR) is 69.4 cm³/mol. The van der Waals surface area contributed by atoms with E-state index in [2.05, 4.69) is 0 Å². The molecule has 0 radical (unpaired) electrons. The molecule has 1 aliphatic carbocycles. The zero-order valence-corrected chi connectivity index (χ0v) is 10.7. The third-order valence-corrected chi connectivity index (χ3v) is 4.03. The van der Waals surface area contributed by atoms with Crippen LogP contribution in [0.5, 0.6) is 0 Å². The first-order valence-corrected chi connectivity index (χ1v) is 6.44. The Morgan fingerprint density at radius 3 is 2.72 bits per heavy atom. The van der Waals surface area contributed by atoms with Gasteiger partial charge in [-0.25, -0.2) is 0 Å². The molecule has 0 unspecified atom stereocenters. The van der Waals surface area contributed by atoms with Crippen molar-refractivity contribution in [3.8, 4) is 0 Å². The summed E-state index contributed by atoms with van der Waals surface area (Å²) in [7, 11) is 0. The average molecular weight is 267 g/mol. The molecule has 1 aliphatic heterocycles. The van der Waals surface area contributed by atoms with Gasteiger partial charge in [-0.15, -0.1) is 0 Å². The van der Waals surface area contributed by atoms with Crippen LogP contribution >= 0.6 is 11.6 Å². The highest BCUT2D eigenvalue weighted by Crippen LogP contribution is 2.44. The quantitative estimate of drug-likeness (QED) is 0.798. The second-order valence-electron chi connectivity index (χ2n) is 5.27. The Hall–Kier alpha value is -1.26. The first-order valence-electron chi connectivity index (χ1n) is 6.06. The number of likely N-dealkylation sites (tertiary alicyclic amines) is 1. The lowest BCUT2D eigenvalue weighted by molar-refractivity contribution is -0.0957. The number of nitrogen functional groups attached to an aromatic ring is 1. The Balaban J connectivity index is 1.74. The molecule has 3 N–H and O–H groups in total. The number of hydrogen-bond donors (Lipinski definition) is 2. The third kappa shape index (κ3) is 1.85. The lowest BCUT2D eigenvalue weighted by Crippen LogP contribution is -2.64. The normalized spacial score (nSPS) is 21.6. The van der Waals surface area contributed by atoms with Crippen molar-refractivity contribution < 1.29 is 9.90 Å². The highest BCUT2D eigenvalue weighted by Gasteiger charge is 2.53. The van der Waals surface area contributed by atoms with Crippen LogP contribution in [-0.2, 0) is 0 Å². The van der Waals surface area contributed by atoms with Gasteiger partial charge in [0.05, 0.1) is 18.7 Å². The molecule has 1 saturated carbocycles. The van der Waals surface area contributed by atoms with Gasteiger partial charge in [0.2, 0.25) is 0 Å². The molecule has 0 aromatic heterocycles. The molecule has 4 nitrogen and oxygen atoms in total.